The minimum Gasteiger partial charge on any atom is -0.480 e. The maximum Gasteiger partial charge on any atom is 0.326 e. The zero-order valence-corrected chi connectivity index (χ0v) is 13.1. The number of aliphatic carboxylic acids is 1. The number of likely N-dealkylation sites (tertiary alicyclic amines) is 1. The lowest BCUT2D eigenvalue weighted by Crippen LogP contribution is -2.48. The van der Waals surface area contributed by atoms with Gasteiger partial charge < -0.3 is 10.0 Å². The number of aromatic nitrogens is 3. The second-order valence-corrected chi connectivity index (χ2v) is 5.83. The van der Waals surface area contributed by atoms with E-state index in [0.29, 0.717) is 24.2 Å². The number of hydrogen-bond donors (Lipinski definition) is 1. The highest BCUT2D eigenvalue weighted by atomic mass is 19.1. The van der Waals surface area contributed by atoms with Gasteiger partial charge in [-0.2, -0.15) is 0 Å². The number of piperidine rings is 1. The molecule has 1 amide bonds. The van der Waals surface area contributed by atoms with E-state index in [1.54, 1.807) is 13.0 Å². The molecule has 1 aromatic carbocycles. The van der Waals surface area contributed by atoms with Gasteiger partial charge in [-0.1, -0.05) is 5.21 Å². The van der Waals surface area contributed by atoms with Crippen molar-refractivity contribution in [3.63, 3.8) is 0 Å². The van der Waals surface area contributed by atoms with Crippen molar-refractivity contribution < 1.29 is 19.1 Å². The quantitative estimate of drug-likeness (QED) is 0.926. The fraction of sp³-hybridized carbons (Fsp3) is 0.375. The Hall–Kier alpha value is -2.77. The Morgan fingerprint density at radius 3 is 2.83 bits per heavy atom. The summed E-state index contributed by atoms with van der Waals surface area (Å²) in [4.78, 5) is 25.2. The number of hydrogen-bond acceptors (Lipinski definition) is 4. The number of carbonyl (C=O) groups excluding carboxylic acids is 1. The van der Waals surface area contributed by atoms with E-state index < -0.39 is 17.9 Å². The molecule has 1 aliphatic heterocycles. The zero-order chi connectivity index (χ0) is 17.3. The van der Waals surface area contributed by atoms with Gasteiger partial charge in [-0.05, 0) is 49.9 Å². The summed E-state index contributed by atoms with van der Waals surface area (Å²) in [5.74, 6) is -1.82. The predicted molar refractivity (Wildman–Crippen MR) is 82.4 cm³/mol. The third-order valence-electron chi connectivity index (χ3n) is 4.17. The number of carbonyl (C=O) groups is 2. The molecule has 24 heavy (non-hydrogen) atoms. The molecule has 3 rings (SSSR count). The van der Waals surface area contributed by atoms with Crippen molar-refractivity contribution in [2.24, 2.45) is 0 Å². The van der Waals surface area contributed by atoms with Crippen LogP contribution in [0.25, 0.3) is 5.69 Å². The number of nitrogens with zero attached hydrogens (tertiary/aromatic N) is 4. The molecule has 1 aromatic heterocycles. The number of carboxylic acid groups (broad SMARTS) is 1. The van der Waals surface area contributed by atoms with Crippen molar-refractivity contribution in [2.75, 3.05) is 6.54 Å². The Morgan fingerprint density at radius 2 is 2.12 bits per heavy atom. The molecule has 2 heterocycles. The van der Waals surface area contributed by atoms with Gasteiger partial charge in [-0.15, -0.1) is 5.10 Å². The van der Waals surface area contributed by atoms with Crippen molar-refractivity contribution in [2.45, 2.75) is 32.2 Å². The summed E-state index contributed by atoms with van der Waals surface area (Å²) >= 11 is 0. The summed E-state index contributed by atoms with van der Waals surface area (Å²) in [6.07, 6.45) is 3.42. The molecule has 0 saturated carbocycles. The minimum atomic E-state index is -1.01. The monoisotopic (exact) mass is 332 g/mol. The first-order valence-electron chi connectivity index (χ1n) is 7.70. The van der Waals surface area contributed by atoms with E-state index in [-0.39, 0.29) is 11.5 Å². The lowest BCUT2D eigenvalue weighted by Gasteiger charge is -2.32. The van der Waals surface area contributed by atoms with Gasteiger partial charge in [0.05, 0.1) is 11.9 Å². The molecule has 1 fully saturated rings. The van der Waals surface area contributed by atoms with E-state index in [4.69, 9.17) is 0 Å². The molecular formula is C16H17FN4O3. The van der Waals surface area contributed by atoms with Crippen molar-refractivity contribution in [3.8, 4) is 5.69 Å². The fourth-order valence-electron chi connectivity index (χ4n) is 2.93. The largest absolute Gasteiger partial charge is 0.480 e. The summed E-state index contributed by atoms with van der Waals surface area (Å²) in [6, 6.07) is 3.39. The first kappa shape index (κ1) is 16.1. The van der Waals surface area contributed by atoms with E-state index in [1.807, 2.05) is 0 Å². The predicted octanol–water partition coefficient (Wildman–Crippen LogP) is 1.79. The van der Waals surface area contributed by atoms with Crippen molar-refractivity contribution in [1.82, 2.24) is 19.9 Å². The minimum absolute atomic E-state index is 0.0758. The van der Waals surface area contributed by atoms with Crippen LogP contribution in [0.1, 0.15) is 35.3 Å². The second-order valence-electron chi connectivity index (χ2n) is 5.83. The summed E-state index contributed by atoms with van der Waals surface area (Å²) in [5.41, 5.74) is 1.34. The molecule has 1 saturated heterocycles. The topological polar surface area (TPSA) is 88.3 Å². The fourth-order valence-corrected chi connectivity index (χ4v) is 2.93. The summed E-state index contributed by atoms with van der Waals surface area (Å²) in [7, 11) is 0. The lowest BCUT2D eigenvalue weighted by atomic mass is 10.0. The third-order valence-corrected chi connectivity index (χ3v) is 4.17. The van der Waals surface area contributed by atoms with Crippen LogP contribution in [0.2, 0.25) is 0 Å². The number of aryl methyl sites for hydroxylation is 1. The van der Waals surface area contributed by atoms with Gasteiger partial charge >= 0.3 is 5.97 Å². The summed E-state index contributed by atoms with van der Waals surface area (Å²) in [6.45, 7) is 2.12. The van der Waals surface area contributed by atoms with Crippen LogP contribution < -0.4 is 0 Å². The van der Waals surface area contributed by atoms with Gasteiger partial charge in [0.1, 0.15) is 11.9 Å². The SMILES string of the molecule is Cc1cc(F)ccc1-n1cc(C(=O)N2CCCCC2C(=O)O)nn1. The molecule has 0 bridgehead atoms. The molecule has 8 heteroatoms. The molecule has 126 valence electrons. The molecule has 0 aliphatic carbocycles. The van der Waals surface area contributed by atoms with Gasteiger partial charge in [0.25, 0.3) is 5.91 Å². The van der Waals surface area contributed by atoms with Crippen LogP contribution in [0.4, 0.5) is 4.39 Å². The zero-order valence-electron chi connectivity index (χ0n) is 13.1. The highest BCUT2D eigenvalue weighted by Gasteiger charge is 2.33. The summed E-state index contributed by atoms with van der Waals surface area (Å²) in [5, 5.41) is 17.1. The molecule has 0 radical (unpaired) electrons. The Labute approximate surface area is 137 Å². The Balaban J connectivity index is 1.87. The van der Waals surface area contributed by atoms with Crippen molar-refractivity contribution >= 4 is 11.9 Å². The first-order chi connectivity index (χ1) is 11.5. The van der Waals surface area contributed by atoms with E-state index >= 15 is 0 Å². The Kier molecular flexibility index (Phi) is 4.28. The normalized spacial score (nSPS) is 17.8. The van der Waals surface area contributed by atoms with Crippen LogP contribution in [-0.2, 0) is 4.79 Å². The Bertz CT molecular complexity index is 789. The van der Waals surface area contributed by atoms with Gasteiger partial charge in [-0.3, -0.25) is 4.79 Å². The van der Waals surface area contributed by atoms with Gasteiger partial charge in [0.15, 0.2) is 5.69 Å². The molecule has 1 aliphatic rings. The van der Waals surface area contributed by atoms with Crippen LogP contribution in [0.3, 0.4) is 0 Å². The second kappa shape index (κ2) is 6.38. The average molecular weight is 332 g/mol. The van der Waals surface area contributed by atoms with Gasteiger partial charge in [0.2, 0.25) is 0 Å². The smallest absolute Gasteiger partial charge is 0.326 e. The molecule has 2 aromatic rings. The van der Waals surface area contributed by atoms with Crippen molar-refractivity contribution in [1.29, 1.82) is 0 Å². The molecule has 1 N–H and O–H groups in total. The lowest BCUT2D eigenvalue weighted by molar-refractivity contribution is -0.143. The molecule has 7 nitrogen and oxygen atoms in total. The molecule has 0 spiro atoms. The molecule has 1 unspecified atom stereocenters. The standard InChI is InChI=1S/C16H17FN4O3/c1-10-8-11(17)5-6-13(10)21-9-12(18-19-21)15(22)20-7-3-2-4-14(20)16(23)24/h5-6,8-9,14H,2-4,7H2,1H3,(H,23,24). The van der Waals surface area contributed by atoms with Crippen LogP contribution in [-0.4, -0.2) is 49.5 Å². The summed E-state index contributed by atoms with van der Waals surface area (Å²) < 4.78 is 14.6. The number of benzene rings is 1. The average Bonchev–Trinajstić information content (AvgIpc) is 3.03. The number of rotatable bonds is 3. The first-order valence-corrected chi connectivity index (χ1v) is 7.70. The van der Waals surface area contributed by atoms with Gasteiger partial charge in [-0.25, -0.2) is 13.9 Å². The highest BCUT2D eigenvalue weighted by Crippen LogP contribution is 2.20. The maximum atomic E-state index is 13.2. The van der Waals surface area contributed by atoms with Gasteiger partial charge in [0, 0.05) is 6.54 Å². The van der Waals surface area contributed by atoms with Crippen molar-refractivity contribution in [3.05, 3.63) is 41.5 Å². The van der Waals surface area contributed by atoms with E-state index in [2.05, 4.69) is 10.3 Å². The number of amides is 1. The van der Waals surface area contributed by atoms with Crippen LogP contribution >= 0.6 is 0 Å². The Morgan fingerprint density at radius 1 is 1.33 bits per heavy atom. The third kappa shape index (κ3) is 2.99. The van der Waals surface area contributed by atoms with E-state index in [1.165, 1.54) is 27.9 Å². The van der Waals surface area contributed by atoms with Crippen LogP contribution in [0.5, 0.6) is 0 Å². The van der Waals surface area contributed by atoms with E-state index in [9.17, 15) is 19.1 Å². The number of carboxylic acids is 1. The molecular weight excluding hydrogens is 315 g/mol. The van der Waals surface area contributed by atoms with E-state index in [0.717, 1.165) is 12.8 Å². The molecule has 1 atom stereocenters. The number of halogens is 1. The van der Waals surface area contributed by atoms with Crippen LogP contribution in [0.15, 0.2) is 24.4 Å². The van der Waals surface area contributed by atoms with Crippen LogP contribution in [0, 0.1) is 12.7 Å². The maximum absolute atomic E-state index is 13.2. The highest BCUT2D eigenvalue weighted by molar-refractivity contribution is 5.94.